The summed E-state index contributed by atoms with van der Waals surface area (Å²) in [5.74, 6) is 1.78. The number of nitrogens with zero attached hydrogens (tertiary/aromatic N) is 3. The van der Waals surface area contributed by atoms with Gasteiger partial charge in [-0.25, -0.2) is 9.78 Å². The lowest BCUT2D eigenvalue weighted by atomic mass is 10.1. The van der Waals surface area contributed by atoms with E-state index < -0.39 is 11.7 Å². The van der Waals surface area contributed by atoms with E-state index in [-0.39, 0.29) is 9.61 Å². The molecule has 0 fully saturated rings. The van der Waals surface area contributed by atoms with Crippen molar-refractivity contribution in [2.75, 3.05) is 18.0 Å². The maximum Gasteiger partial charge on any atom is 0.407 e. The molecular formula is C30H37IN4O3. The van der Waals surface area contributed by atoms with Gasteiger partial charge >= 0.3 is 6.09 Å². The van der Waals surface area contributed by atoms with Crippen molar-refractivity contribution in [3.05, 3.63) is 81.6 Å². The molecule has 1 aliphatic rings. The van der Waals surface area contributed by atoms with E-state index in [1.165, 1.54) is 0 Å². The van der Waals surface area contributed by atoms with Crippen LogP contribution in [-0.4, -0.2) is 38.4 Å². The fourth-order valence-electron chi connectivity index (χ4n) is 4.63. The lowest BCUT2D eigenvalue weighted by Crippen LogP contribution is -2.41. The lowest BCUT2D eigenvalue weighted by molar-refractivity contribution is 0.0527. The normalized spacial score (nSPS) is 13.1. The maximum atomic E-state index is 14.0. The topological polar surface area (TPSA) is 76.5 Å². The standard InChI is InChI=1S/C30H37IN4O3/c1-20(2)25(31)34(17-11-16-32-29(37)38-30(3,4)5)27-24(18-21-12-7-6-8-13-21)28(36)35-19-22-14-9-10-15-23(22)26(35)33-27/h6-10,12-15,20,25H,11,16-19H2,1-5H3,(H,32,37). The number of alkyl halides is 1. The van der Waals surface area contributed by atoms with Crippen molar-refractivity contribution in [2.24, 2.45) is 5.92 Å². The smallest absolute Gasteiger partial charge is 0.407 e. The Hall–Kier alpha value is -2.88. The zero-order valence-corrected chi connectivity index (χ0v) is 25.0. The molecule has 0 aliphatic carbocycles. The number of amides is 1. The third-order valence-corrected chi connectivity index (χ3v) is 8.53. The number of fused-ring (bicyclic) bond motifs is 3. The molecule has 202 valence electrons. The van der Waals surface area contributed by atoms with Crippen molar-refractivity contribution < 1.29 is 9.53 Å². The highest BCUT2D eigenvalue weighted by Crippen LogP contribution is 2.34. The number of hydrogen-bond acceptors (Lipinski definition) is 5. The molecule has 1 amide bonds. The van der Waals surface area contributed by atoms with Crippen LogP contribution in [0.3, 0.4) is 0 Å². The SMILES string of the molecule is CC(C)C(I)N(CCCNC(=O)OC(C)(C)C)c1nc2n(c(=O)c1Cc1ccccc1)Cc1ccccc1-2. The molecule has 2 aromatic carbocycles. The van der Waals surface area contributed by atoms with E-state index in [1.807, 2.05) is 61.7 Å². The molecule has 1 atom stereocenters. The number of hydrogen-bond donors (Lipinski definition) is 1. The largest absolute Gasteiger partial charge is 0.444 e. The summed E-state index contributed by atoms with van der Waals surface area (Å²) in [5.41, 5.74) is 3.37. The average molecular weight is 629 g/mol. The van der Waals surface area contributed by atoms with Gasteiger partial charge in [0.05, 0.1) is 16.2 Å². The number of anilines is 1. The number of benzene rings is 2. The Labute approximate surface area is 238 Å². The second kappa shape index (κ2) is 11.9. The minimum atomic E-state index is -0.541. The molecule has 3 aromatic rings. The van der Waals surface area contributed by atoms with Gasteiger partial charge in [-0.15, -0.1) is 0 Å². The molecule has 0 saturated heterocycles. The van der Waals surface area contributed by atoms with Crippen LogP contribution >= 0.6 is 22.6 Å². The van der Waals surface area contributed by atoms with Crippen LogP contribution in [-0.2, 0) is 17.7 Å². The predicted molar refractivity (Wildman–Crippen MR) is 161 cm³/mol. The van der Waals surface area contributed by atoms with Crippen LogP contribution in [0.25, 0.3) is 11.4 Å². The van der Waals surface area contributed by atoms with Crippen molar-refractivity contribution >= 4 is 34.5 Å². The molecule has 7 nitrogen and oxygen atoms in total. The van der Waals surface area contributed by atoms with Gasteiger partial charge in [0.25, 0.3) is 5.56 Å². The number of rotatable bonds is 9. The maximum absolute atomic E-state index is 14.0. The Morgan fingerprint density at radius 2 is 1.82 bits per heavy atom. The third-order valence-electron chi connectivity index (χ3n) is 6.42. The molecule has 0 bridgehead atoms. The van der Waals surface area contributed by atoms with E-state index in [2.05, 4.69) is 64.9 Å². The molecule has 1 N–H and O–H groups in total. The predicted octanol–water partition coefficient (Wildman–Crippen LogP) is 6.00. The van der Waals surface area contributed by atoms with Crippen molar-refractivity contribution in [1.29, 1.82) is 0 Å². The number of carbonyl (C=O) groups is 1. The number of halogens is 1. The van der Waals surface area contributed by atoms with E-state index in [1.54, 1.807) is 0 Å². The van der Waals surface area contributed by atoms with Crippen LogP contribution in [0.4, 0.5) is 10.6 Å². The van der Waals surface area contributed by atoms with E-state index in [9.17, 15) is 9.59 Å². The van der Waals surface area contributed by atoms with E-state index >= 15 is 0 Å². The van der Waals surface area contributed by atoms with Gasteiger partial charge in [-0.2, -0.15) is 0 Å². The van der Waals surface area contributed by atoms with Crippen LogP contribution in [0, 0.1) is 5.92 Å². The number of ether oxygens (including phenoxy) is 1. The quantitative estimate of drug-likeness (QED) is 0.107. The summed E-state index contributed by atoms with van der Waals surface area (Å²) in [4.78, 5) is 33.6. The second-order valence-electron chi connectivity index (χ2n) is 11.0. The molecule has 4 rings (SSSR count). The fourth-order valence-corrected chi connectivity index (χ4v) is 5.18. The monoisotopic (exact) mass is 628 g/mol. The average Bonchev–Trinajstić information content (AvgIpc) is 3.24. The zero-order valence-electron chi connectivity index (χ0n) is 22.8. The Bertz CT molecular complexity index is 1330. The molecule has 0 saturated carbocycles. The summed E-state index contributed by atoms with van der Waals surface area (Å²) in [6.45, 7) is 11.5. The van der Waals surface area contributed by atoms with E-state index in [4.69, 9.17) is 9.72 Å². The summed E-state index contributed by atoms with van der Waals surface area (Å²) in [5, 5.41) is 2.86. The molecule has 1 aliphatic heterocycles. The van der Waals surface area contributed by atoms with Crippen LogP contribution in [0.5, 0.6) is 0 Å². The van der Waals surface area contributed by atoms with Crippen molar-refractivity contribution in [3.8, 4) is 11.4 Å². The molecule has 1 aromatic heterocycles. The summed E-state index contributed by atoms with van der Waals surface area (Å²) < 4.78 is 7.30. The Kier molecular flexibility index (Phi) is 8.80. The fraction of sp³-hybridized carbons (Fsp3) is 0.433. The van der Waals surface area contributed by atoms with Gasteiger partial charge in [-0.05, 0) is 44.2 Å². The van der Waals surface area contributed by atoms with Crippen molar-refractivity contribution in [2.45, 2.75) is 63.7 Å². The molecular weight excluding hydrogens is 591 g/mol. The first-order valence-corrected chi connectivity index (χ1v) is 14.4. The van der Waals surface area contributed by atoms with Gasteiger partial charge in [-0.3, -0.25) is 9.36 Å². The highest BCUT2D eigenvalue weighted by Gasteiger charge is 2.30. The number of aromatic nitrogens is 2. The van der Waals surface area contributed by atoms with Crippen molar-refractivity contribution in [3.63, 3.8) is 0 Å². The van der Waals surface area contributed by atoms with Gasteiger partial charge in [0, 0.05) is 25.1 Å². The van der Waals surface area contributed by atoms with Gasteiger partial charge in [0.1, 0.15) is 17.2 Å². The minimum absolute atomic E-state index is 0.00860. The van der Waals surface area contributed by atoms with E-state index in [0.717, 1.165) is 28.3 Å². The molecule has 38 heavy (non-hydrogen) atoms. The van der Waals surface area contributed by atoms with Crippen LogP contribution in [0.2, 0.25) is 0 Å². The first-order chi connectivity index (χ1) is 18.0. The first-order valence-electron chi connectivity index (χ1n) is 13.2. The number of alkyl carbamates (subject to hydrolysis) is 1. The van der Waals surface area contributed by atoms with Crippen LogP contribution < -0.4 is 15.8 Å². The zero-order chi connectivity index (χ0) is 27.4. The highest BCUT2D eigenvalue weighted by molar-refractivity contribution is 14.1. The molecule has 2 heterocycles. The number of nitrogens with one attached hydrogen (secondary N) is 1. The summed E-state index contributed by atoms with van der Waals surface area (Å²) in [7, 11) is 0. The Morgan fingerprint density at radius 1 is 1.13 bits per heavy atom. The Balaban J connectivity index is 1.70. The molecule has 1 unspecified atom stereocenters. The Morgan fingerprint density at radius 3 is 2.50 bits per heavy atom. The lowest BCUT2D eigenvalue weighted by Gasteiger charge is -2.33. The van der Waals surface area contributed by atoms with Gasteiger partial charge < -0.3 is 15.0 Å². The molecule has 0 spiro atoms. The summed E-state index contributed by atoms with van der Waals surface area (Å²) in [6, 6.07) is 18.2. The summed E-state index contributed by atoms with van der Waals surface area (Å²) >= 11 is 2.45. The molecule has 0 radical (unpaired) electrons. The van der Waals surface area contributed by atoms with Crippen LogP contribution in [0.15, 0.2) is 59.4 Å². The van der Waals surface area contributed by atoms with Gasteiger partial charge in [0.2, 0.25) is 0 Å². The highest BCUT2D eigenvalue weighted by atomic mass is 127. The summed E-state index contributed by atoms with van der Waals surface area (Å²) in [6.07, 6.45) is 0.772. The number of carbonyl (C=O) groups excluding carboxylic acids is 1. The van der Waals surface area contributed by atoms with Crippen LogP contribution in [0.1, 0.15) is 57.7 Å². The van der Waals surface area contributed by atoms with Gasteiger partial charge in [0.15, 0.2) is 0 Å². The molecule has 8 heteroatoms. The first kappa shape index (κ1) is 28.1. The second-order valence-corrected chi connectivity index (χ2v) is 12.3. The van der Waals surface area contributed by atoms with Gasteiger partial charge in [-0.1, -0.05) is 91.0 Å². The van der Waals surface area contributed by atoms with Crippen molar-refractivity contribution in [1.82, 2.24) is 14.9 Å². The van der Waals surface area contributed by atoms with E-state index in [0.29, 0.717) is 44.0 Å². The third kappa shape index (κ3) is 6.57. The minimum Gasteiger partial charge on any atom is -0.444 e.